The minimum Gasteiger partial charge on any atom is -0.495 e. The van der Waals surface area contributed by atoms with Gasteiger partial charge in [-0.15, -0.1) is 11.3 Å². The normalized spacial score (nSPS) is 12.4. The van der Waals surface area contributed by atoms with Gasteiger partial charge in [-0.2, -0.15) is 0 Å². The predicted octanol–water partition coefficient (Wildman–Crippen LogP) is 5.97. The third kappa shape index (κ3) is 3.79. The van der Waals surface area contributed by atoms with Gasteiger partial charge in [-0.05, 0) is 47.7 Å². The Morgan fingerprint density at radius 1 is 1.15 bits per heavy atom. The van der Waals surface area contributed by atoms with Crippen molar-refractivity contribution in [2.24, 2.45) is 0 Å². The van der Waals surface area contributed by atoms with E-state index in [9.17, 15) is 8.42 Å². The molecule has 1 heterocycles. The van der Waals surface area contributed by atoms with Crippen LogP contribution in [-0.4, -0.2) is 15.5 Å². The molecule has 27 heavy (non-hydrogen) atoms. The molecule has 4 nitrogen and oxygen atoms in total. The maximum Gasteiger partial charge on any atom is 0.271 e. The van der Waals surface area contributed by atoms with E-state index in [0.29, 0.717) is 22.0 Å². The van der Waals surface area contributed by atoms with Gasteiger partial charge < -0.3 is 4.74 Å². The number of hydrogen-bond acceptors (Lipinski definition) is 4. The van der Waals surface area contributed by atoms with Crippen molar-refractivity contribution >= 4 is 48.7 Å². The Labute approximate surface area is 169 Å². The average molecular weight is 424 g/mol. The second-order valence-corrected chi connectivity index (χ2v) is 10.7. The molecule has 0 saturated carbocycles. The lowest BCUT2D eigenvalue weighted by atomic mass is 9.87. The van der Waals surface area contributed by atoms with Crippen LogP contribution in [0, 0.1) is 6.92 Å². The maximum absolute atomic E-state index is 13.1. The van der Waals surface area contributed by atoms with Gasteiger partial charge in [0, 0.05) is 15.1 Å². The number of fused-ring (bicyclic) bond motifs is 1. The van der Waals surface area contributed by atoms with Crippen LogP contribution in [0.5, 0.6) is 5.75 Å². The quantitative estimate of drug-likeness (QED) is 0.562. The van der Waals surface area contributed by atoms with Gasteiger partial charge >= 0.3 is 0 Å². The zero-order valence-electron chi connectivity index (χ0n) is 15.9. The average Bonchev–Trinajstić information content (AvgIpc) is 2.93. The van der Waals surface area contributed by atoms with Crippen molar-refractivity contribution in [2.45, 2.75) is 37.3 Å². The molecular formula is C20H22ClNO3S2. The number of ether oxygens (including phenoxy) is 1. The van der Waals surface area contributed by atoms with E-state index >= 15 is 0 Å². The number of rotatable bonds is 4. The fourth-order valence-electron chi connectivity index (χ4n) is 2.93. The van der Waals surface area contributed by atoms with Crippen LogP contribution in [0.3, 0.4) is 0 Å². The minimum absolute atomic E-state index is 0.118. The van der Waals surface area contributed by atoms with Gasteiger partial charge in [-0.3, -0.25) is 4.72 Å². The van der Waals surface area contributed by atoms with Gasteiger partial charge in [-0.1, -0.05) is 44.5 Å². The van der Waals surface area contributed by atoms with Crippen molar-refractivity contribution < 1.29 is 13.2 Å². The van der Waals surface area contributed by atoms with E-state index in [4.69, 9.17) is 16.3 Å². The number of methoxy groups -OCH3 is 1. The molecule has 2 aromatic carbocycles. The van der Waals surface area contributed by atoms with Crippen molar-refractivity contribution in [3.63, 3.8) is 0 Å². The summed E-state index contributed by atoms with van der Waals surface area (Å²) in [7, 11) is -2.27. The van der Waals surface area contributed by atoms with Crippen LogP contribution in [-0.2, 0) is 15.4 Å². The fraction of sp³-hybridized carbons (Fsp3) is 0.300. The van der Waals surface area contributed by atoms with Gasteiger partial charge in [0.2, 0.25) is 0 Å². The number of hydrogen-bond donors (Lipinski definition) is 1. The zero-order valence-corrected chi connectivity index (χ0v) is 18.3. The molecule has 3 rings (SSSR count). The number of nitrogens with one attached hydrogen (secondary N) is 1. The van der Waals surface area contributed by atoms with Crippen molar-refractivity contribution in [1.82, 2.24) is 0 Å². The van der Waals surface area contributed by atoms with Crippen LogP contribution in [0.15, 0.2) is 40.6 Å². The molecule has 144 valence electrons. The van der Waals surface area contributed by atoms with Crippen LogP contribution >= 0.6 is 22.9 Å². The monoisotopic (exact) mass is 423 g/mol. The highest BCUT2D eigenvalue weighted by Gasteiger charge is 2.25. The number of sulfonamides is 1. The highest BCUT2D eigenvalue weighted by molar-refractivity contribution is 7.95. The van der Waals surface area contributed by atoms with Gasteiger partial charge in [0.25, 0.3) is 10.0 Å². The topological polar surface area (TPSA) is 55.4 Å². The lowest BCUT2D eigenvalue weighted by Crippen LogP contribution is -2.16. The van der Waals surface area contributed by atoms with Crippen molar-refractivity contribution in [1.29, 1.82) is 0 Å². The Balaban J connectivity index is 2.10. The molecular weight excluding hydrogens is 402 g/mol. The Morgan fingerprint density at radius 2 is 1.85 bits per heavy atom. The molecule has 7 heteroatoms. The first-order chi connectivity index (χ1) is 12.5. The summed E-state index contributed by atoms with van der Waals surface area (Å²) < 4.78 is 35.4. The van der Waals surface area contributed by atoms with E-state index in [1.165, 1.54) is 18.4 Å². The highest BCUT2D eigenvalue weighted by Crippen LogP contribution is 2.40. The third-order valence-electron chi connectivity index (χ3n) is 4.41. The molecule has 0 aliphatic carbocycles. The first kappa shape index (κ1) is 20.0. The molecule has 0 atom stereocenters. The lowest BCUT2D eigenvalue weighted by molar-refractivity contribution is 0.416. The van der Waals surface area contributed by atoms with Gasteiger partial charge in [0.15, 0.2) is 0 Å². The third-order valence-corrected chi connectivity index (χ3v) is 7.97. The Morgan fingerprint density at radius 3 is 2.44 bits per heavy atom. The maximum atomic E-state index is 13.1. The minimum atomic E-state index is -3.79. The van der Waals surface area contributed by atoms with Crippen molar-refractivity contribution in [3.8, 4) is 5.75 Å². The molecule has 3 aromatic rings. The standard InChI is InChI=1S/C20H22ClNO3S2/c1-12-18-14(21)7-6-8-17(18)26-19(12)27(23,24)22-15-11-13(20(2,3)4)9-10-16(15)25-5/h6-11,22H,1-5H3. The largest absolute Gasteiger partial charge is 0.495 e. The van der Waals surface area contributed by atoms with Crippen LogP contribution < -0.4 is 9.46 Å². The number of thiophene rings is 1. The smallest absolute Gasteiger partial charge is 0.271 e. The summed E-state index contributed by atoms with van der Waals surface area (Å²) in [4.78, 5) is 0. The van der Waals surface area contributed by atoms with Gasteiger partial charge in [0.1, 0.15) is 9.96 Å². The molecule has 0 aliphatic heterocycles. The molecule has 0 saturated heterocycles. The summed E-state index contributed by atoms with van der Waals surface area (Å²) in [6.07, 6.45) is 0. The van der Waals surface area contributed by atoms with Crippen LogP contribution in [0.2, 0.25) is 5.02 Å². The summed E-state index contributed by atoms with van der Waals surface area (Å²) in [6, 6.07) is 11.0. The van der Waals surface area contributed by atoms with Crippen LogP contribution in [0.1, 0.15) is 31.9 Å². The van der Waals surface area contributed by atoms with Crippen LogP contribution in [0.25, 0.3) is 10.1 Å². The second kappa shape index (κ2) is 7.00. The van der Waals surface area contributed by atoms with Crippen molar-refractivity contribution in [3.05, 3.63) is 52.5 Å². The predicted molar refractivity (Wildman–Crippen MR) is 114 cm³/mol. The Bertz CT molecular complexity index is 1110. The Hall–Kier alpha value is -1.76. The summed E-state index contributed by atoms with van der Waals surface area (Å²) in [5.41, 5.74) is 1.97. The summed E-state index contributed by atoms with van der Waals surface area (Å²) in [5.74, 6) is 0.475. The molecule has 0 radical (unpaired) electrons. The molecule has 0 fully saturated rings. The van der Waals surface area contributed by atoms with E-state index in [0.717, 1.165) is 15.6 Å². The molecule has 0 bridgehead atoms. The SMILES string of the molecule is COc1ccc(C(C)(C)C)cc1NS(=O)(=O)c1sc2cccc(Cl)c2c1C. The fourth-order valence-corrected chi connectivity index (χ4v) is 6.15. The van der Waals surface area contributed by atoms with E-state index in [2.05, 4.69) is 25.5 Å². The molecule has 0 spiro atoms. The van der Waals surface area contributed by atoms with E-state index in [-0.39, 0.29) is 9.62 Å². The first-order valence-corrected chi connectivity index (χ1v) is 11.1. The molecule has 1 aromatic heterocycles. The van der Waals surface area contributed by atoms with Crippen molar-refractivity contribution in [2.75, 3.05) is 11.8 Å². The van der Waals surface area contributed by atoms with Crippen LogP contribution in [0.4, 0.5) is 5.69 Å². The Kier molecular flexibility index (Phi) is 5.18. The lowest BCUT2D eigenvalue weighted by Gasteiger charge is -2.21. The molecule has 0 unspecified atom stereocenters. The van der Waals surface area contributed by atoms with Gasteiger partial charge in [0.05, 0.1) is 12.8 Å². The van der Waals surface area contributed by atoms with Gasteiger partial charge in [-0.25, -0.2) is 8.42 Å². The molecule has 1 N–H and O–H groups in total. The number of aryl methyl sites for hydroxylation is 1. The zero-order chi connectivity index (χ0) is 20.0. The van der Waals surface area contributed by atoms with E-state index in [1.807, 2.05) is 24.3 Å². The number of benzene rings is 2. The van der Waals surface area contributed by atoms with E-state index in [1.54, 1.807) is 19.1 Å². The summed E-state index contributed by atoms with van der Waals surface area (Å²) in [5, 5.41) is 1.33. The first-order valence-electron chi connectivity index (χ1n) is 8.43. The summed E-state index contributed by atoms with van der Waals surface area (Å²) in [6.45, 7) is 8.00. The number of anilines is 1. The summed E-state index contributed by atoms with van der Waals surface area (Å²) >= 11 is 7.49. The molecule has 0 aliphatic rings. The second-order valence-electron chi connectivity index (χ2n) is 7.40. The van der Waals surface area contributed by atoms with E-state index < -0.39 is 10.0 Å². The number of halogens is 1. The highest BCUT2D eigenvalue weighted by atomic mass is 35.5. The molecule has 0 amide bonds.